The number of hydrogen-bond acceptors (Lipinski definition) is 4. The second-order valence-electron chi connectivity index (χ2n) is 9.06. The monoisotopic (exact) mass is 469 g/mol. The fourth-order valence-corrected chi connectivity index (χ4v) is 5.97. The maximum atomic E-state index is 13.4. The molecular formula is C25H31N3O4S. The number of hydrogen-bond donors (Lipinski definition) is 1. The predicted molar refractivity (Wildman–Crippen MR) is 127 cm³/mol. The van der Waals surface area contributed by atoms with Crippen molar-refractivity contribution in [2.75, 3.05) is 18.0 Å². The van der Waals surface area contributed by atoms with Crippen LogP contribution in [-0.4, -0.2) is 44.3 Å². The van der Waals surface area contributed by atoms with Gasteiger partial charge in [0.1, 0.15) is 6.04 Å². The summed E-state index contributed by atoms with van der Waals surface area (Å²) in [5.74, 6) is -0.392. The van der Waals surface area contributed by atoms with Crippen molar-refractivity contribution in [1.82, 2.24) is 9.62 Å². The predicted octanol–water partition coefficient (Wildman–Crippen LogP) is 2.87. The minimum Gasteiger partial charge on any atom is -0.337 e. The van der Waals surface area contributed by atoms with E-state index in [1.807, 2.05) is 39.0 Å². The zero-order chi connectivity index (χ0) is 23.8. The maximum Gasteiger partial charge on any atom is 0.241 e. The zero-order valence-corrected chi connectivity index (χ0v) is 20.2. The summed E-state index contributed by atoms with van der Waals surface area (Å²) in [7, 11) is -3.91. The average Bonchev–Trinajstić information content (AvgIpc) is 3.24. The molecule has 0 saturated heterocycles. The van der Waals surface area contributed by atoms with Crippen LogP contribution in [0.15, 0.2) is 47.4 Å². The lowest BCUT2D eigenvalue weighted by atomic mass is 9.97. The van der Waals surface area contributed by atoms with E-state index in [-0.39, 0.29) is 22.6 Å². The van der Waals surface area contributed by atoms with Crippen molar-refractivity contribution in [3.8, 4) is 0 Å². The molecule has 0 aromatic heterocycles. The van der Waals surface area contributed by atoms with Crippen LogP contribution < -0.4 is 9.62 Å². The maximum absolute atomic E-state index is 13.4. The Balaban J connectivity index is 1.53. The molecule has 2 heterocycles. The van der Waals surface area contributed by atoms with Gasteiger partial charge in [-0.25, -0.2) is 8.42 Å². The van der Waals surface area contributed by atoms with Gasteiger partial charge in [0.25, 0.3) is 0 Å². The number of nitrogens with zero attached hydrogens (tertiary/aromatic N) is 2. The molecule has 0 spiro atoms. The van der Waals surface area contributed by atoms with E-state index in [0.29, 0.717) is 32.5 Å². The molecule has 2 aromatic carbocycles. The van der Waals surface area contributed by atoms with Crippen molar-refractivity contribution in [3.05, 3.63) is 59.2 Å². The number of benzene rings is 2. The normalized spacial score (nSPS) is 16.5. The van der Waals surface area contributed by atoms with E-state index in [1.54, 1.807) is 21.9 Å². The van der Waals surface area contributed by atoms with Gasteiger partial charge in [0.05, 0.1) is 4.90 Å². The molecule has 7 nitrogen and oxygen atoms in total. The van der Waals surface area contributed by atoms with Gasteiger partial charge < -0.3 is 9.80 Å². The lowest BCUT2D eigenvalue weighted by molar-refractivity contribution is -0.135. The van der Waals surface area contributed by atoms with E-state index < -0.39 is 16.1 Å². The molecule has 0 unspecified atom stereocenters. The molecule has 4 rings (SSSR count). The largest absolute Gasteiger partial charge is 0.337 e. The van der Waals surface area contributed by atoms with E-state index in [0.717, 1.165) is 23.2 Å². The number of amides is 2. The molecule has 0 bridgehead atoms. The molecule has 176 valence electrons. The summed E-state index contributed by atoms with van der Waals surface area (Å²) in [5.41, 5.74) is 3.94. The van der Waals surface area contributed by atoms with Crippen molar-refractivity contribution in [1.29, 1.82) is 0 Å². The van der Waals surface area contributed by atoms with Crippen LogP contribution in [0, 0.1) is 5.92 Å². The summed E-state index contributed by atoms with van der Waals surface area (Å²) in [6.07, 6.45) is 1.78. The Labute approximate surface area is 195 Å². The van der Waals surface area contributed by atoms with Crippen molar-refractivity contribution in [3.63, 3.8) is 0 Å². The Hall–Kier alpha value is -2.71. The first-order valence-electron chi connectivity index (χ1n) is 11.5. The van der Waals surface area contributed by atoms with E-state index in [2.05, 4.69) is 10.8 Å². The summed E-state index contributed by atoms with van der Waals surface area (Å²) in [5, 5.41) is 0. The second-order valence-corrected chi connectivity index (χ2v) is 10.8. The molecule has 0 radical (unpaired) electrons. The highest BCUT2D eigenvalue weighted by Crippen LogP contribution is 2.31. The number of carbonyl (C=O) groups excluding carboxylic acids is 2. The molecule has 33 heavy (non-hydrogen) atoms. The van der Waals surface area contributed by atoms with Gasteiger partial charge in [-0.3, -0.25) is 9.59 Å². The fourth-order valence-electron chi connectivity index (χ4n) is 4.58. The van der Waals surface area contributed by atoms with Crippen molar-refractivity contribution in [2.24, 2.45) is 5.92 Å². The summed E-state index contributed by atoms with van der Waals surface area (Å²) >= 11 is 0. The summed E-state index contributed by atoms with van der Waals surface area (Å²) < 4.78 is 29.2. The molecule has 2 amide bonds. The van der Waals surface area contributed by atoms with Gasteiger partial charge in [-0.05, 0) is 53.6 Å². The van der Waals surface area contributed by atoms with Crippen LogP contribution in [0.4, 0.5) is 5.69 Å². The fraction of sp³-hybridized carbons (Fsp3) is 0.440. The Morgan fingerprint density at radius 2 is 1.70 bits per heavy atom. The number of fused-ring (bicyclic) bond motifs is 2. The van der Waals surface area contributed by atoms with Gasteiger partial charge in [-0.15, -0.1) is 0 Å². The van der Waals surface area contributed by atoms with E-state index in [4.69, 9.17) is 0 Å². The van der Waals surface area contributed by atoms with Crippen LogP contribution in [0.1, 0.15) is 43.9 Å². The highest BCUT2D eigenvalue weighted by atomic mass is 32.2. The van der Waals surface area contributed by atoms with Crippen molar-refractivity contribution >= 4 is 27.5 Å². The lowest BCUT2D eigenvalue weighted by Gasteiger charge is -2.33. The molecule has 1 atom stereocenters. The Bertz CT molecular complexity index is 1180. The van der Waals surface area contributed by atoms with Gasteiger partial charge in [-0.2, -0.15) is 4.72 Å². The minimum atomic E-state index is -3.91. The van der Waals surface area contributed by atoms with Crippen LogP contribution in [0.3, 0.4) is 0 Å². The smallest absolute Gasteiger partial charge is 0.241 e. The highest BCUT2D eigenvalue weighted by molar-refractivity contribution is 7.89. The molecule has 2 aliphatic rings. The number of sulfonamides is 1. The van der Waals surface area contributed by atoms with Gasteiger partial charge in [0, 0.05) is 31.7 Å². The number of rotatable bonds is 6. The Morgan fingerprint density at radius 1 is 1.00 bits per heavy atom. The third kappa shape index (κ3) is 4.68. The van der Waals surface area contributed by atoms with E-state index in [1.165, 1.54) is 11.6 Å². The molecule has 0 saturated carbocycles. The molecule has 0 aliphatic carbocycles. The van der Waals surface area contributed by atoms with Crippen LogP contribution >= 0.6 is 0 Å². The van der Waals surface area contributed by atoms with Gasteiger partial charge >= 0.3 is 0 Å². The molecule has 0 fully saturated rings. The first-order valence-corrected chi connectivity index (χ1v) is 13.0. The van der Waals surface area contributed by atoms with Crippen molar-refractivity contribution < 1.29 is 18.0 Å². The molecule has 2 aliphatic heterocycles. The number of anilines is 1. The van der Waals surface area contributed by atoms with Crippen LogP contribution in [0.2, 0.25) is 0 Å². The van der Waals surface area contributed by atoms with Crippen molar-refractivity contribution in [2.45, 2.75) is 57.5 Å². The highest BCUT2D eigenvalue weighted by Gasteiger charge is 2.34. The van der Waals surface area contributed by atoms with Crippen LogP contribution in [0.5, 0.6) is 0 Å². The van der Waals surface area contributed by atoms with Gasteiger partial charge in [0.2, 0.25) is 21.8 Å². The number of nitrogens with one attached hydrogen (secondary N) is 1. The van der Waals surface area contributed by atoms with Gasteiger partial charge in [0.15, 0.2) is 0 Å². The molecule has 2 aromatic rings. The summed E-state index contributed by atoms with van der Waals surface area (Å²) in [4.78, 5) is 29.1. The first kappa shape index (κ1) is 23.4. The van der Waals surface area contributed by atoms with Crippen LogP contribution in [0.25, 0.3) is 0 Å². The zero-order valence-electron chi connectivity index (χ0n) is 19.4. The first-order chi connectivity index (χ1) is 15.7. The SMILES string of the molecule is CCC(=O)N1CCc2cc(S(=O)(=O)N[C@@H](C(=O)N3CCc4ccccc4C3)C(C)C)ccc21. The average molecular weight is 470 g/mol. The minimum absolute atomic E-state index is 0.0241. The third-order valence-electron chi connectivity index (χ3n) is 6.52. The van der Waals surface area contributed by atoms with E-state index >= 15 is 0 Å². The molecule has 8 heteroatoms. The topological polar surface area (TPSA) is 86.8 Å². The van der Waals surface area contributed by atoms with E-state index in [9.17, 15) is 18.0 Å². The molecule has 1 N–H and O–H groups in total. The Morgan fingerprint density at radius 3 is 2.39 bits per heavy atom. The van der Waals surface area contributed by atoms with Crippen LogP contribution in [-0.2, 0) is 39.0 Å². The Kier molecular flexibility index (Phi) is 6.59. The lowest BCUT2D eigenvalue weighted by Crippen LogP contribution is -2.52. The summed E-state index contributed by atoms with van der Waals surface area (Å²) in [6, 6.07) is 12.0. The standard InChI is InChI=1S/C25H31N3O4S/c1-4-23(29)28-14-12-19-15-21(9-10-22(19)28)33(31,32)26-24(17(2)3)25(30)27-13-11-18-7-5-6-8-20(18)16-27/h5-10,15,17,24,26H,4,11-14,16H2,1-3H3/t24-/m1/s1. The third-order valence-corrected chi connectivity index (χ3v) is 7.96. The number of carbonyl (C=O) groups is 2. The second kappa shape index (κ2) is 9.27. The van der Waals surface area contributed by atoms with Gasteiger partial charge in [-0.1, -0.05) is 45.0 Å². The summed E-state index contributed by atoms with van der Waals surface area (Å²) in [6.45, 7) is 7.12. The quantitative estimate of drug-likeness (QED) is 0.705. The molecular weight excluding hydrogens is 438 g/mol.